The minimum atomic E-state index is -0.517. The average molecular weight is 278 g/mol. The first kappa shape index (κ1) is 13.6. The molecule has 2 aromatic rings. The molecule has 2 rings (SSSR count). The molecular formula is C10H14N8O2. The molecule has 10 heteroatoms. The largest absolute Gasteiger partial charge is 0.367 e. The second-order valence-corrected chi connectivity index (χ2v) is 3.96. The van der Waals surface area contributed by atoms with Crippen molar-refractivity contribution in [2.45, 2.75) is 6.42 Å². The molecule has 0 saturated carbocycles. The Labute approximate surface area is 114 Å². The van der Waals surface area contributed by atoms with E-state index in [1.807, 2.05) is 7.05 Å². The Morgan fingerprint density at radius 3 is 2.75 bits per heavy atom. The third kappa shape index (κ3) is 2.79. The first-order valence-electron chi connectivity index (χ1n) is 5.87. The van der Waals surface area contributed by atoms with Gasteiger partial charge in [0.05, 0.1) is 4.92 Å². The van der Waals surface area contributed by atoms with Gasteiger partial charge in [-0.2, -0.15) is 0 Å². The number of anilines is 2. The smallest absolute Gasteiger partial charge is 0.353 e. The lowest BCUT2D eigenvalue weighted by molar-refractivity contribution is -0.383. The monoisotopic (exact) mass is 278 g/mol. The molecule has 0 unspecified atom stereocenters. The van der Waals surface area contributed by atoms with Crippen LogP contribution in [0.2, 0.25) is 0 Å². The van der Waals surface area contributed by atoms with Crippen molar-refractivity contribution in [3.05, 3.63) is 28.6 Å². The van der Waals surface area contributed by atoms with Crippen LogP contribution in [0.1, 0.15) is 5.82 Å². The fraction of sp³-hybridized carbons (Fsp3) is 0.400. The summed E-state index contributed by atoms with van der Waals surface area (Å²) in [5.74, 6) is 1.13. The molecule has 106 valence electrons. The van der Waals surface area contributed by atoms with Gasteiger partial charge in [-0.3, -0.25) is 10.1 Å². The van der Waals surface area contributed by atoms with Crippen molar-refractivity contribution >= 4 is 17.3 Å². The number of aromatic nitrogens is 5. The van der Waals surface area contributed by atoms with E-state index in [4.69, 9.17) is 0 Å². The zero-order valence-electron chi connectivity index (χ0n) is 11.1. The number of hydrogen-bond donors (Lipinski definition) is 2. The third-order valence-electron chi connectivity index (χ3n) is 2.69. The van der Waals surface area contributed by atoms with Gasteiger partial charge >= 0.3 is 5.69 Å². The predicted molar refractivity (Wildman–Crippen MR) is 71.4 cm³/mol. The summed E-state index contributed by atoms with van der Waals surface area (Å²) >= 11 is 0. The molecule has 0 aliphatic rings. The lowest BCUT2D eigenvalue weighted by atomic mass is 10.3. The van der Waals surface area contributed by atoms with Gasteiger partial charge in [-0.05, 0) is 0 Å². The van der Waals surface area contributed by atoms with E-state index in [0.29, 0.717) is 13.0 Å². The van der Waals surface area contributed by atoms with Crippen molar-refractivity contribution in [3.63, 3.8) is 0 Å². The van der Waals surface area contributed by atoms with Crippen LogP contribution in [0.25, 0.3) is 0 Å². The SMILES string of the molecule is CNc1ncnc(NCCc2nncn2C)c1[N+](=O)[O-]. The summed E-state index contributed by atoms with van der Waals surface area (Å²) in [5, 5.41) is 24.4. The van der Waals surface area contributed by atoms with Crippen molar-refractivity contribution in [2.75, 3.05) is 24.2 Å². The number of aryl methyl sites for hydroxylation is 1. The van der Waals surface area contributed by atoms with Gasteiger partial charge in [0.25, 0.3) is 0 Å². The highest BCUT2D eigenvalue weighted by Crippen LogP contribution is 2.28. The molecule has 10 nitrogen and oxygen atoms in total. The molecule has 0 radical (unpaired) electrons. The Morgan fingerprint density at radius 2 is 2.15 bits per heavy atom. The normalized spacial score (nSPS) is 10.3. The molecule has 0 aliphatic heterocycles. The summed E-state index contributed by atoms with van der Waals surface area (Å²) in [6.07, 6.45) is 3.44. The minimum absolute atomic E-state index is 0.172. The Morgan fingerprint density at radius 1 is 1.40 bits per heavy atom. The van der Waals surface area contributed by atoms with Crippen LogP contribution in [0.15, 0.2) is 12.7 Å². The predicted octanol–water partition coefficient (Wildman–Crippen LogP) is 0.210. The number of hydrogen-bond acceptors (Lipinski definition) is 8. The van der Waals surface area contributed by atoms with Crippen LogP contribution in [0.5, 0.6) is 0 Å². The van der Waals surface area contributed by atoms with Crippen molar-refractivity contribution in [1.29, 1.82) is 0 Å². The highest BCUT2D eigenvalue weighted by atomic mass is 16.6. The van der Waals surface area contributed by atoms with Crippen LogP contribution in [-0.4, -0.2) is 43.2 Å². The molecule has 0 aliphatic carbocycles. The van der Waals surface area contributed by atoms with Gasteiger partial charge in [-0.15, -0.1) is 10.2 Å². The summed E-state index contributed by atoms with van der Waals surface area (Å²) in [6.45, 7) is 0.452. The number of nitro groups is 1. The maximum Gasteiger partial charge on any atom is 0.353 e. The first-order valence-corrected chi connectivity index (χ1v) is 5.87. The maximum atomic E-state index is 11.1. The average Bonchev–Trinajstić information content (AvgIpc) is 2.84. The Bertz CT molecular complexity index is 611. The zero-order chi connectivity index (χ0) is 14.5. The van der Waals surface area contributed by atoms with Crippen LogP contribution in [-0.2, 0) is 13.5 Å². The molecule has 20 heavy (non-hydrogen) atoms. The molecule has 0 fully saturated rings. The van der Waals surface area contributed by atoms with E-state index >= 15 is 0 Å². The van der Waals surface area contributed by atoms with E-state index in [9.17, 15) is 10.1 Å². The highest BCUT2D eigenvalue weighted by molar-refractivity contribution is 5.68. The van der Waals surface area contributed by atoms with E-state index in [2.05, 4.69) is 30.8 Å². The number of nitrogens with one attached hydrogen (secondary N) is 2. The lowest BCUT2D eigenvalue weighted by Gasteiger charge is -2.07. The molecule has 0 saturated heterocycles. The number of rotatable bonds is 6. The second kappa shape index (κ2) is 5.91. The van der Waals surface area contributed by atoms with E-state index in [0.717, 1.165) is 5.82 Å². The van der Waals surface area contributed by atoms with Crippen molar-refractivity contribution in [1.82, 2.24) is 24.7 Å². The van der Waals surface area contributed by atoms with Crippen molar-refractivity contribution in [3.8, 4) is 0 Å². The van der Waals surface area contributed by atoms with E-state index in [1.165, 1.54) is 6.33 Å². The van der Waals surface area contributed by atoms with Gasteiger partial charge in [-0.1, -0.05) is 0 Å². The van der Waals surface area contributed by atoms with Gasteiger partial charge in [0.2, 0.25) is 11.6 Å². The second-order valence-electron chi connectivity index (χ2n) is 3.96. The van der Waals surface area contributed by atoms with Gasteiger partial charge in [0.1, 0.15) is 18.5 Å². The summed E-state index contributed by atoms with van der Waals surface area (Å²) < 4.78 is 1.79. The van der Waals surface area contributed by atoms with Crippen LogP contribution in [0, 0.1) is 10.1 Å². The van der Waals surface area contributed by atoms with Gasteiger partial charge in [0.15, 0.2) is 0 Å². The maximum absolute atomic E-state index is 11.1. The third-order valence-corrected chi connectivity index (χ3v) is 2.69. The van der Waals surface area contributed by atoms with E-state index < -0.39 is 4.92 Å². The molecular weight excluding hydrogens is 264 g/mol. The van der Waals surface area contributed by atoms with Gasteiger partial charge < -0.3 is 15.2 Å². The molecule has 0 bridgehead atoms. The van der Waals surface area contributed by atoms with Crippen molar-refractivity contribution < 1.29 is 4.92 Å². The van der Waals surface area contributed by atoms with E-state index in [1.54, 1.807) is 17.9 Å². The molecule has 0 aromatic carbocycles. The van der Waals surface area contributed by atoms with Gasteiger partial charge in [0, 0.05) is 27.1 Å². The fourth-order valence-electron chi connectivity index (χ4n) is 1.69. The van der Waals surface area contributed by atoms with Gasteiger partial charge in [-0.25, -0.2) is 9.97 Å². The van der Waals surface area contributed by atoms with Crippen LogP contribution in [0.3, 0.4) is 0 Å². The summed E-state index contributed by atoms with van der Waals surface area (Å²) in [7, 11) is 3.40. The highest BCUT2D eigenvalue weighted by Gasteiger charge is 2.21. The number of nitrogens with zero attached hydrogens (tertiary/aromatic N) is 6. The molecule has 0 amide bonds. The Balaban J connectivity index is 2.09. The summed E-state index contributed by atoms with van der Waals surface area (Å²) in [4.78, 5) is 18.3. The van der Waals surface area contributed by atoms with Crippen molar-refractivity contribution in [2.24, 2.45) is 7.05 Å². The van der Waals surface area contributed by atoms with Crippen LogP contribution >= 0.6 is 0 Å². The topological polar surface area (TPSA) is 124 Å². The summed E-state index contributed by atoms with van der Waals surface area (Å²) in [6, 6.07) is 0. The first-order chi connectivity index (χ1) is 9.63. The molecule has 2 N–H and O–H groups in total. The van der Waals surface area contributed by atoms with Crippen LogP contribution in [0.4, 0.5) is 17.3 Å². The molecule has 0 atom stereocenters. The van der Waals surface area contributed by atoms with E-state index in [-0.39, 0.29) is 17.3 Å². The van der Waals surface area contributed by atoms with Crippen LogP contribution < -0.4 is 10.6 Å². The Hall–Kier alpha value is -2.78. The minimum Gasteiger partial charge on any atom is -0.367 e. The Kier molecular flexibility index (Phi) is 4.03. The lowest BCUT2D eigenvalue weighted by Crippen LogP contribution is -2.12. The zero-order valence-corrected chi connectivity index (χ0v) is 11.1. The quantitative estimate of drug-likeness (QED) is 0.567. The molecule has 2 aromatic heterocycles. The molecule has 2 heterocycles. The molecule has 0 spiro atoms. The summed E-state index contributed by atoms with van der Waals surface area (Å²) in [5.41, 5.74) is -0.173. The standard InChI is InChI=1S/C10H14N8O2/c1-11-9-8(18(19)20)10(14-5-13-9)12-4-3-7-16-15-6-17(7)2/h5-6H,3-4H2,1-2H3,(H2,11,12,13,14). The fourth-order valence-corrected chi connectivity index (χ4v) is 1.69.